The van der Waals surface area contributed by atoms with Crippen LogP contribution >= 0.6 is 0 Å². The number of esters is 1. The maximum absolute atomic E-state index is 11.9. The molecule has 0 aliphatic rings. The summed E-state index contributed by atoms with van der Waals surface area (Å²) in [5.41, 5.74) is 2.85. The zero-order valence-corrected chi connectivity index (χ0v) is 18.2. The lowest BCUT2D eigenvalue weighted by molar-refractivity contribution is 0.0600. The topological polar surface area (TPSA) is 124 Å². The molecule has 0 atom stereocenters. The number of primary sulfonamides is 1. The lowest BCUT2D eigenvalue weighted by Gasteiger charge is -2.12. The van der Waals surface area contributed by atoms with Gasteiger partial charge in [-0.1, -0.05) is 36.4 Å². The number of fused-ring (bicyclic) bond motifs is 1. The molecule has 0 unspecified atom stereocenters. The second-order valence-corrected chi connectivity index (χ2v) is 8.69. The molecule has 0 amide bonds. The Hall–Kier alpha value is -3.82. The van der Waals surface area contributed by atoms with Crippen molar-refractivity contribution in [1.82, 2.24) is 10.2 Å². The third kappa shape index (κ3) is 4.16. The van der Waals surface area contributed by atoms with Crippen LogP contribution in [0.2, 0.25) is 0 Å². The number of nitrogens with zero attached hydrogens (tertiary/aromatic N) is 2. The first-order valence-electron chi connectivity index (χ1n) is 9.62. The van der Waals surface area contributed by atoms with Crippen LogP contribution in [-0.2, 0) is 14.8 Å². The standard InChI is InChI=1S/C23H20N4O4S/c1-14-7-8-16(13-20(14)32(24,29)30)21-18-5-3-4-6-19(18)22(27-26-21)25-17-11-9-15(10-12-17)23(28)31-2/h3-13H,1-2H3,(H,25,27)(H2,24,29,30). The van der Waals surface area contributed by atoms with Crippen molar-refractivity contribution in [2.45, 2.75) is 11.8 Å². The van der Waals surface area contributed by atoms with Gasteiger partial charge >= 0.3 is 5.97 Å². The number of nitrogens with two attached hydrogens (primary N) is 1. The Morgan fingerprint density at radius 3 is 2.31 bits per heavy atom. The van der Waals surface area contributed by atoms with Crippen molar-refractivity contribution < 1.29 is 17.9 Å². The third-order valence-corrected chi connectivity index (χ3v) is 6.08. The highest BCUT2D eigenvalue weighted by atomic mass is 32.2. The van der Waals surface area contributed by atoms with E-state index in [4.69, 9.17) is 9.88 Å². The summed E-state index contributed by atoms with van der Waals surface area (Å²) in [4.78, 5) is 11.7. The lowest BCUT2D eigenvalue weighted by Crippen LogP contribution is -2.13. The number of rotatable bonds is 5. The molecule has 0 bridgehead atoms. The maximum Gasteiger partial charge on any atom is 0.337 e. The summed E-state index contributed by atoms with van der Waals surface area (Å²) < 4.78 is 28.6. The maximum atomic E-state index is 11.9. The number of anilines is 2. The van der Waals surface area contributed by atoms with E-state index in [0.29, 0.717) is 28.2 Å². The van der Waals surface area contributed by atoms with E-state index in [1.165, 1.54) is 13.2 Å². The van der Waals surface area contributed by atoms with Crippen molar-refractivity contribution in [1.29, 1.82) is 0 Å². The Kier molecular flexibility index (Phi) is 5.60. The zero-order valence-electron chi connectivity index (χ0n) is 17.4. The van der Waals surface area contributed by atoms with Crippen molar-refractivity contribution in [2.75, 3.05) is 12.4 Å². The Bertz CT molecular complexity index is 1430. The lowest BCUT2D eigenvalue weighted by atomic mass is 10.0. The molecular formula is C23H20N4O4S. The summed E-state index contributed by atoms with van der Waals surface area (Å²) in [6, 6.07) is 19.3. The highest BCUT2D eigenvalue weighted by Gasteiger charge is 2.16. The van der Waals surface area contributed by atoms with Gasteiger partial charge in [-0.3, -0.25) is 0 Å². The quantitative estimate of drug-likeness (QED) is 0.445. The third-order valence-electron chi connectivity index (χ3n) is 5.02. The van der Waals surface area contributed by atoms with Crippen LogP contribution in [0.5, 0.6) is 0 Å². The van der Waals surface area contributed by atoms with Crippen LogP contribution in [0, 0.1) is 6.92 Å². The van der Waals surface area contributed by atoms with Crippen LogP contribution in [0.4, 0.5) is 11.5 Å². The first-order chi connectivity index (χ1) is 15.3. The molecule has 0 fully saturated rings. The number of aromatic nitrogens is 2. The average molecular weight is 449 g/mol. The predicted molar refractivity (Wildman–Crippen MR) is 122 cm³/mol. The van der Waals surface area contributed by atoms with Crippen molar-refractivity contribution in [3.63, 3.8) is 0 Å². The number of benzene rings is 3. The number of ether oxygens (including phenoxy) is 1. The minimum Gasteiger partial charge on any atom is -0.465 e. The first-order valence-corrected chi connectivity index (χ1v) is 11.2. The second kappa shape index (κ2) is 8.37. The van der Waals surface area contributed by atoms with Gasteiger partial charge in [0.1, 0.15) is 5.69 Å². The molecule has 162 valence electrons. The summed E-state index contributed by atoms with van der Waals surface area (Å²) in [6.07, 6.45) is 0. The van der Waals surface area contributed by atoms with Crippen molar-refractivity contribution in [2.24, 2.45) is 5.14 Å². The first kappa shape index (κ1) is 21.4. The number of hydrogen-bond acceptors (Lipinski definition) is 7. The van der Waals surface area contributed by atoms with Crippen molar-refractivity contribution >= 4 is 38.3 Å². The summed E-state index contributed by atoms with van der Waals surface area (Å²) in [5, 5.41) is 18.9. The summed E-state index contributed by atoms with van der Waals surface area (Å²) in [6.45, 7) is 1.69. The molecule has 4 aromatic rings. The monoisotopic (exact) mass is 448 g/mol. The fourth-order valence-corrected chi connectivity index (χ4v) is 4.22. The van der Waals surface area contributed by atoms with Gasteiger partial charge in [-0.15, -0.1) is 10.2 Å². The largest absolute Gasteiger partial charge is 0.465 e. The van der Waals surface area contributed by atoms with Crippen LogP contribution in [0.25, 0.3) is 22.0 Å². The minimum absolute atomic E-state index is 0.0498. The highest BCUT2D eigenvalue weighted by Crippen LogP contribution is 2.32. The molecule has 0 spiro atoms. The molecule has 0 aliphatic heterocycles. The fraction of sp³-hybridized carbons (Fsp3) is 0.0870. The number of aryl methyl sites for hydroxylation is 1. The van der Waals surface area contributed by atoms with E-state index in [-0.39, 0.29) is 4.90 Å². The number of sulfonamides is 1. The molecule has 0 saturated heterocycles. The van der Waals surface area contributed by atoms with Crippen molar-refractivity contribution in [3.05, 3.63) is 77.9 Å². The minimum atomic E-state index is -3.87. The number of nitrogens with one attached hydrogen (secondary N) is 1. The van der Waals surface area contributed by atoms with Crippen LogP contribution < -0.4 is 10.5 Å². The van der Waals surface area contributed by atoms with E-state index in [1.807, 2.05) is 24.3 Å². The Morgan fingerprint density at radius 1 is 0.969 bits per heavy atom. The molecule has 32 heavy (non-hydrogen) atoms. The number of carbonyl (C=O) groups is 1. The molecule has 4 rings (SSSR count). The molecule has 3 aromatic carbocycles. The van der Waals surface area contributed by atoms with Crippen LogP contribution in [0.3, 0.4) is 0 Å². The molecule has 1 heterocycles. The van der Waals surface area contributed by atoms with E-state index in [2.05, 4.69) is 15.5 Å². The molecule has 0 aliphatic carbocycles. The molecule has 3 N–H and O–H groups in total. The Balaban J connectivity index is 1.77. The van der Waals surface area contributed by atoms with Crippen molar-refractivity contribution in [3.8, 4) is 11.3 Å². The normalized spacial score (nSPS) is 11.3. The van der Waals surface area contributed by atoms with Gasteiger partial charge in [-0.05, 0) is 42.8 Å². The van der Waals surface area contributed by atoms with Gasteiger partial charge in [0, 0.05) is 22.0 Å². The Labute approximate surface area is 185 Å². The molecular weight excluding hydrogens is 428 g/mol. The smallest absolute Gasteiger partial charge is 0.337 e. The number of methoxy groups -OCH3 is 1. The molecule has 8 nitrogen and oxygen atoms in total. The molecule has 9 heteroatoms. The fourth-order valence-electron chi connectivity index (χ4n) is 3.41. The van der Waals surface area contributed by atoms with E-state index in [1.54, 1.807) is 43.3 Å². The molecule has 1 aromatic heterocycles. The molecule has 0 radical (unpaired) electrons. The number of carbonyl (C=O) groups excluding carboxylic acids is 1. The van der Waals surface area contributed by atoms with E-state index < -0.39 is 16.0 Å². The van der Waals surface area contributed by atoms with E-state index in [0.717, 1.165) is 16.5 Å². The zero-order chi connectivity index (χ0) is 22.9. The van der Waals surface area contributed by atoms with Crippen LogP contribution in [-0.4, -0.2) is 31.7 Å². The highest BCUT2D eigenvalue weighted by molar-refractivity contribution is 7.89. The van der Waals surface area contributed by atoms with Gasteiger partial charge in [0.15, 0.2) is 5.82 Å². The molecule has 0 saturated carbocycles. The predicted octanol–water partition coefficient (Wildman–Crippen LogP) is 3.78. The summed E-state index contributed by atoms with van der Waals surface area (Å²) >= 11 is 0. The van der Waals surface area contributed by atoms with Gasteiger partial charge in [0.25, 0.3) is 0 Å². The second-order valence-electron chi connectivity index (χ2n) is 7.16. The van der Waals surface area contributed by atoms with E-state index >= 15 is 0 Å². The van der Waals surface area contributed by atoms with Crippen LogP contribution in [0.1, 0.15) is 15.9 Å². The van der Waals surface area contributed by atoms with Crippen LogP contribution in [0.15, 0.2) is 71.6 Å². The van der Waals surface area contributed by atoms with Gasteiger partial charge in [-0.2, -0.15) is 0 Å². The SMILES string of the molecule is COC(=O)c1ccc(Nc2nnc(-c3ccc(C)c(S(N)(=O)=O)c3)c3ccccc23)cc1. The van der Waals surface area contributed by atoms with Gasteiger partial charge in [0.2, 0.25) is 10.0 Å². The van der Waals surface area contributed by atoms with Gasteiger partial charge in [-0.25, -0.2) is 18.4 Å². The van der Waals surface area contributed by atoms with Gasteiger partial charge < -0.3 is 10.1 Å². The van der Waals surface area contributed by atoms with Gasteiger partial charge in [0.05, 0.1) is 17.6 Å². The Morgan fingerprint density at radius 2 is 1.66 bits per heavy atom. The summed E-state index contributed by atoms with van der Waals surface area (Å²) in [7, 11) is -2.54. The van der Waals surface area contributed by atoms with E-state index in [9.17, 15) is 13.2 Å². The average Bonchev–Trinajstić information content (AvgIpc) is 2.79. The summed E-state index contributed by atoms with van der Waals surface area (Å²) in [5.74, 6) is 0.108. The number of hydrogen-bond donors (Lipinski definition) is 2.